The van der Waals surface area contributed by atoms with E-state index < -0.39 is 0 Å². The van der Waals surface area contributed by atoms with Crippen molar-refractivity contribution in [1.29, 1.82) is 0 Å². The van der Waals surface area contributed by atoms with E-state index in [9.17, 15) is 9.18 Å². The standard InChI is InChI=1S/C20H21FN4O3/c21-16-7-5-15(6-8-16)19(26)22-11-14-3-1-9-25(12-14)13-18-23-20(28-24-18)17-4-2-10-27-17/h2,4-8,10,14H,1,3,9,11-13H2,(H,22,26)/t14-/m1/s1. The molecule has 3 aromatic rings. The second-order valence-corrected chi connectivity index (χ2v) is 6.95. The third-order valence-electron chi connectivity index (χ3n) is 4.83. The summed E-state index contributed by atoms with van der Waals surface area (Å²) in [5.74, 6) is 1.35. The van der Waals surface area contributed by atoms with Gasteiger partial charge in [0, 0.05) is 18.7 Å². The summed E-state index contributed by atoms with van der Waals surface area (Å²) >= 11 is 0. The molecule has 28 heavy (non-hydrogen) atoms. The molecule has 2 aromatic heterocycles. The Labute approximate surface area is 161 Å². The molecule has 0 aliphatic carbocycles. The minimum Gasteiger partial charge on any atom is -0.459 e. The topological polar surface area (TPSA) is 84.4 Å². The van der Waals surface area contributed by atoms with Crippen molar-refractivity contribution in [2.24, 2.45) is 5.92 Å². The van der Waals surface area contributed by atoms with Gasteiger partial charge in [-0.1, -0.05) is 5.16 Å². The van der Waals surface area contributed by atoms with Crippen LogP contribution in [0.2, 0.25) is 0 Å². The summed E-state index contributed by atoms with van der Waals surface area (Å²) in [4.78, 5) is 18.8. The number of likely N-dealkylation sites (tertiary alicyclic amines) is 1. The van der Waals surface area contributed by atoms with E-state index in [1.807, 2.05) is 0 Å². The van der Waals surface area contributed by atoms with E-state index in [2.05, 4.69) is 20.4 Å². The average Bonchev–Trinajstić information content (AvgIpc) is 3.39. The van der Waals surface area contributed by atoms with Gasteiger partial charge in [0.2, 0.25) is 0 Å². The molecule has 1 fully saturated rings. The molecule has 0 saturated carbocycles. The highest BCUT2D eigenvalue weighted by atomic mass is 19.1. The van der Waals surface area contributed by atoms with E-state index in [1.165, 1.54) is 24.3 Å². The van der Waals surface area contributed by atoms with E-state index >= 15 is 0 Å². The van der Waals surface area contributed by atoms with Crippen molar-refractivity contribution in [3.63, 3.8) is 0 Å². The van der Waals surface area contributed by atoms with Crippen molar-refractivity contribution in [3.8, 4) is 11.7 Å². The molecular formula is C20H21FN4O3. The first kappa shape index (κ1) is 18.4. The Kier molecular flexibility index (Phi) is 5.48. The van der Waals surface area contributed by atoms with Gasteiger partial charge in [-0.15, -0.1) is 0 Å². The smallest absolute Gasteiger partial charge is 0.293 e. The highest BCUT2D eigenvalue weighted by Gasteiger charge is 2.22. The zero-order chi connectivity index (χ0) is 19.3. The number of carbonyl (C=O) groups is 1. The highest BCUT2D eigenvalue weighted by molar-refractivity contribution is 5.94. The zero-order valence-electron chi connectivity index (χ0n) is 15.3. The molecule has 0 unspecified atom stereocenters. The summed E-state index contributed by atoms with van der Waals surface area (Å²) in [6, 6.07) is 9.11. The van der Waals surface area contributed by atoms with Crippen molar-refractivity contribution >= 4 is 5.91 Å². The van der Waals surface area contributed by atoms with Gasteiger partial charge in [0.05, 0.1) is 12.8 Å². The number of amides is 1. The van der Waals surface area contributed by atoms with E-state index in [4.69, 9.17) is 8.94 Å². The molecule has 1 aliphatic rings. The van der Waals surface area contributed by atoms with Crippen LogP contribution in [0.25, 0.3) is 11.7 Å². The lowest BCUT2D eigenvalue weighted by atomic mass is 9.98. The Morgan fingerprint density at radius 1 is 1.29 bits per heavy atom. The Morgan fingerprint density at radius 3 is 2.93 bits per heavy atom. The van der Waals surface area contributed by atoms with Crippen molar-refractivity contribution < 1.29 is 18.1 Å². The number of hydrogen-bond acceptors (Lipinski definition) is 6. The van der Waals surface area contributed by atoms with Gasteiger partial charge >= 0.3 is 0 Å². The quantitative estimate of drug-likeness (QED) is 0.703. The normalized spacial score (nSPS) is 17.5. The van der Waals surface area contributed by atoms with Gasteiger partial charge in [0.15, 0.2) is 11.6 Å². The minimum atomic E-state index is -0.351. The van der Waals surface area contributed by atoms with Crippen LogP contribution in [-0.4, -0.2) is 40.6 Å². The van der Waals surface area contributed by atoms with Crippen molar-refractivity contribution in [2.75, 3.05) is 19.6 Å². The number of halogens is 1. The summed E-state index contributed by atoms with van der Waals surface area (Å²) < 4.78 is 23.5. The Morgan fingerprint density at radius 2 is 2.14 bits per heavy atom. The monoisotopic (exact) mass is 384 g/mol. The lowest BCUT2D eigenvalue weighted by Crippen LogP contribution is -2.40. The second kappa shape index (κ2) is 8.35. The van der Waals surface area contributed by atoms with E-state index in [0.717, 1.165) is 25.9 Å². The maximum atomic E-state index is 13.0. The number of rotatable bonds is 6. The Bertz CT molecular complexity index is 908. The van der Waals surface area contributed by atoms with Crippen molar-refractivity contribution in [1.82, 2.24) is 20.4 Å². The number of piperidine rings is 1. The molecular weight excluding hydrogens is 363 g/mol. The van der Waals surface area contributed by atoms with Gasteiger partial charge in [-0.2, -0.15) is 4.98 Å². The van der Waals surface area contributed by atoms with E-state index in [0.29, 0.717) is 42.0 Å². The molecule has 1 amide bonds. The largest absolute Gasteiger partial charge is 0.459 e. The molecule has 1 aromatic carbocycles. The first-order valence-corrected chi connectivity index (χ1v) is 9.30. The number of furan rings is 1. The lowest BCUT2D eigenvalue weighted by Gasteiger charge is -2.31. The van der Waals surface area contributed by atoms with Crippen LogP contribution >= 0.6 is 0 Å². The average molecular weight is 384 g/mol. The molecule has 0 spiro atoms. The molecule has 1 aliphatic heterocycles. The van der Waals surface area contributed by atoms with Gasteiger partial charge < -0.3 is 14.3 Å². The highest BCUT2D eigenvalue weighted by Crippen LogP contribution is 2.20. The van der Waals surface area contributed by atoms with Gasteiger partial charge in [0.25, 0.3) is 11.8 Å². The maximum Gasteiger partial charge on any atom is 0.293 e. The zero-order valence-corrected chi connectivity index (χ0v) is 15.3. The molecule has 4 rings (SSSR count). The van der Waals surface area contributed by atoms with Crippen LogP contribution < -0.4 is 5.32 Å². The van der Waals surface area contributed by atoms with Crippen molar-refractivity contribution in [2.45, 2.75) is 19.4 Å². The van der Waals surface area contributed by atoms with Crippen LogP contribution in [0.1, 0.15) is 29.0 Å². The van der Waals surface area contributed by atoms with Gasteiger partial charge in [-0.3, -0.25) is 9.69 Å². The van der Waals surface area contributed by atoms with Crippen LogP contribution in [0.5, 0.6) is 0 Å². The fourth-order valence-corrected chi connectivity index (χ4v) is 3.42. The lowest BCUT2D eigenvalue weighted by molar-refractivity contribution is 0.0929. The third kappa shape index (κ3) is 4.45. The fraction of sp³-hybridized carbons (Fsp3) is 0.350. The minimum absolute atomic E-state index is 0.182. The third-order valence-corrected chi connectivity index (χ3v) is 4.83. The number of nitrogens with zero attached hydrogens (tertiary/aromatic N) is 3. The first-order chi connectivity index (χ1) is 13.7. The molecule has 8 heteroatoms. The summed E-state index contributed by atoms with van der Waals surface area (Å²) in [7, 11) is 0. The molecule has 7 nitrogen and oxygen atoms in total. The maximum absolute atomic E-state index is 13.0. The molecule has 0 bridgehead atoms. The van der Waals surface area contributed by atoms with Crippen LogP contribution in [0, 0.1) is 11.7 Å². The molecule has 3 heterocycles. The second-order valence-electron chi connectivity index (χ2n) is 6.95. The number of nitrogens with one attached hydrogen (secondary N) is 1. The summed E-state index contributed by atoms with van der Waals surface area (Å²) in [5, 5.41) is 6.97. The Hall–Kier alpha value is -3.00. The Balaban J connectivity index is 1.28. The molecule has 1 saturated heterocycles. The van der Waals surface area contributed by atoms with Crippen LogP contribution in [0.3, 0.4) is 0 Å². The van der Waals surface area contributed by atoms with Crippen LogP contribution in [0.4, 0.5) is 4.39 Å². The van der Waals surface area contributed by atoms with Crippen LogP contribution in [0.15, 0.2) is 51.6 Å². The summed E-state index contributed by atoms with van der Waals surface area (Å²) in [6.07, 6.45) is 3.65. The molecule has 0 radical (unpaired) electrons. The number of aromatic nitrogens is 2. The summed E-state index contributed by atoms with van der Waals surface area (Å²) in [5.41, 5.74) is 0.464. The predicted molar refractivity (Wildman–Crippen MR) is 98.7 cm³/mol. The van der Waals surface area contributed by atoms with Gasteiger partial charge in [0.1, 0.15) is 5.82 Å². The first-order valence-electron chi connectivity index (χ1n) is 9.30. The molecule has 1 N–H and O–H groups in total. The fourth-order valence-electron chi connectivity index (χ4n) is 3.42. The number of benzene rings is 1. The van der Waals surface area contributed by atoms with Gasteiger partial charge in [-0.05, 0) is 61.7 Å². The van der Waals surface area contributed by atoms with Gasteiger partial charge in [-0.25, -0.2) is 4.39 Å². The van der Waals surface area contributed by atoms with E-state index in [1.54, 1.807) is 18.4 Å². The molecule has 146 valence electrons. The summed E-state index contributed by atoms with van der Waals surface area (Å²) in [6.45, 7) is 2.96. The molecule has 1 atom stereocenters. The van der Waals surface area contributed by atoms with Crippen LogP contribution in [-0.2, 0) is 6.54 Å². The van der Waals surface area contributed by atoms with E-state index in [-0.39, 0.29) is 11.7 Å². The number of carbonyl (C=O) groups excluding carboxylic acids is 1. The number of hydrogen-bond donors (Lipinski definition) is 1. The SMILES string of the molecule is O=C(NC[C@H]1CCCN(Cc2noc(-c3ccco3)n2)C1)c1ccc(F)cc1. The van der Waals surface area contributed by atoms with Crippen molar-refractivity contribution in [3.05, 3.63) is 59.9 Å². The predicted octanol–water partition coefficient (Wildman–Crippen LogP) is 3.11.